The molecule has 0 aromatic rings. The van der Waals surface area contributed by atoms with E-state index in [9.17, 15) is 9.59 Å². The van der Waals surface area contributed by atoms with Gasteiger partial charge in [-0.25, -0.2) is 0 Å². The van der Waals surface area contributed by atoms with Crippen molar-refractivity contribution in [1.82, 2.24) is 0 Å². The molecule has 6 rings (SSSR count). The van der Waals surface area contributed by atoms with Gasteiger partial charge in [-0.1, -0.05) is 24.3 Å². The number of esters is 2. The van der Waals surface area contributed by atoms with Gasteiger partial charge in [-0.15, -0.1) is 0 Å². The van der Waals surface area contributed by atoms with Gasteiger partial charge in [0.2, 0.25) is 0 Å². The standard InChI is InChI=1S/C25H32O4/c26-23(19-13-15-5-7-17(19)11-15)28-21-3-1-9-25(21)10-2-4-22(25)29-24(27)20-14-16-6-8-18(20)12-16/h5-8,15-22H,1-4,9-14H2/t15-,16-,17+,18+,19-,20-,21-,22-,25?/m1/s1. The monoisotopic (exact) mass is 396 g/mol. The molecule has 8 atom stereocenters. The lowest BCUT2D eigenvalue weighted by Gasteiger charge is -2.37. The predicted molar refractivity (Wildman–Crippen MR) is 108 cm³/mol. The minimum Gasteiger partial charge on any atom is -0.461 e. The van der Waals surface area contributed by atoms with Gasteiger partial charge in [-0.05, 0) is 87.9 Å². The molecule has 4 fully saturated rings. The van der Waals surface area contributed by atoms with Gasteiger partial charge in [0.1, 0.15) is 12.2 Å². The van der Waals surface area contributed by atoms with E-state index < -0.39 is 0 Å². The van der Waals surface area contributed by atoms with Crippen LogP contribution in [0.25, 0.3) is 0 Å². The molecule has 1 spiro atoms. The van der Waals surface area contributed by atoms with E-state index in [4.69, 9.17) is 9.47 Å². The maximum absolute atomic E-state index is 13.0. The normalized spacial score (nSPS) is 45.5. The number of carbonyl (C=O) groups is 2. The zero-order valence-corrected chi connectivity index (χ0v) is 17.1. The second-order valence-electron chi connectivity index (χ2n) is 10.6. The Balaban J connectivity index is 1.14. The third-order valence-electron chi connectivity index (χ3n) is 9.18. The summed E-state index contributed by atoms with van der Waals surface area (Å²) in [5.74, 6) is 2.02. The lowest BCUT2D eigenvalue weighted by Crippen LogP contribution is -2.44. The highest BCUT2D eigenvalue weighted by Crippen LogP contribution is 2.55. The molecule has 0 saturated heterocycles. The second kappa shape index (κ2) is 6.72. The first kappa shape index (κ1) is 18.2. The van der Waals surface area contributed by atoms with E-state index in [1.807, 2.05) is 0 Å². The molecule has 0 heterocycles. The molecule has 0 N–H and O–H groups in total. The number of carbonyl (C=O) groups excluding carboxylic acids is 2. The maximum atomic E-state index is 13.0. The molecule has 0 unspecified atom stereocenters. The predicted octanol–water partition coefficient (Wildman–Crippen LogP) is 4.59. The molecule has 156 valence electrons. The van der Waals surface area contributed by atoms with Gasteiger partial charge in [-0.2, -0.15) is 0 Å². The van der Waals surface area contributed by atoms with Crippen molar-refractivity contribution in [3.8, 4) is 0 Å². The van der Waals surface area contributed by atoms with E-state index in [1.54, 1.807) is 0 Å². The second-order valence-corrected chi connectivity index (χ2v) is 10.6. The van der Waals surface area contributed by atoms with Crippen LogP contribution in [0.3, 0.4) is 0 Å². The summed E-state index contributed by atoms with van der Waals surface area (Å²) in [7, 11) is 0. The summed E-state index contributed by atoms with van der Waals surface area (Å²) >= 11 is 0. The smallest absolute Gasteiger partial charge is 0.309 e. The van der Waals surface area contributed by atoms with Crippen LogP contribution in [0.1, 0.15) is 64.2 Å². The molecule has 6 aliphatic carbocycles. The lowest BCUT2D eigenvalue weighted by atomic mass is 9.80. The number of hydrogen-bond acceptors (Lipinski definition) is 4. The van der Waals surface area contributed by atoms with Gasteiger partial charge >= 0.3 is 11.9 Å². The number of allylic oxidation sites excluding steroid dienone is 4. The molecule has 29 heavy (non-hydrogen) atoms. The highest BCUT2D eigenvalue weighted by molar-refractivity contribution is 5.75. The molecule has 4 nitrogen and oxygen atoms in total. The van der Waals surface area contributed by atoms with Crippen LogP contribution in [0.4, 0.5) is 0 Å². The van der Waals surface area contributed by atoms with E-state index in [2.05, 4.69) is 24.3 Å². The van der Waals surface area contributed by atoms with E-state index in [0.29, 0.717) is 23.7 Å². The molecule has 6 aliphatic rings. The molecular weight excluding hydrogens is 364 g/mol. The van der Waals surface area contributed by atoms with Crippen LogP contribution in [0.5, 0.6) is 0 Å². The number of ether oxygens (including phenoxy) is 2. The Morgan fingerprint density at radius 2 is 1.17 bits per heavy atom. The third-order valence-corrected chi connectivity index (χ3v) is 9.18. The summed E-state index contributed by atoms with van der Waals surface area (Å²) in [6.07, 6.45) is 19.0. The van der Waals surface area contributed by atoms with Crippen molar-refractivity contribution in [3.63, 3.8) is 0 Å². The fourth-order valence-electron chi connectivity index (χ4n) is 7.70. The van der Waals surface area contributed by atoms with Crippen LogP contribution in [0.2, 0.25) is 0 Å². The average Bonchev–Trinajstić information content (AvgIpc) is 3.55. The molecule has 4 heteroatoms. The van der Waals surface area contributed by atoms with E-state index in [0.717, 1.165) is 64.2 Å². The Bertz CT molecular complexity index is 703. The summed E-state index contributed by atoms with van der Waals surface area (Å²) in [6, 6.07) is 0. The van der Waals surface area contributed by atoms with Crippen molar-refractivity contribution >= 4 is 11.9 Å². The van der Waals surface area contributed by atoms with E-state index in [1.165, 1.54) is 0 Å². The highest BCUT2D eigenvalue weighted by Gasteiger charge is 2.56. The number of hydrogen-bond donors (Lipinski definition) is 0. The Kier molecular flexibility index (Phi) is 4.22. The third kappa shape index (κ3) is 2.84. The quantitative estimate of drug-likeness (QED) is 0.515. The average molecular weight is 397 g/mol. The first-order chi connectivity index (χ1) is 14.1. The van der Waals surface area contributed by atoms with Gasteiger partial charge < -0.3 is 9.47 Å². The molecule has 0 aromatic heterocycles. The number of fused-ring (bicyclic) bond motifs is 4. The molecule has 0 amide bonds. The van der Waals surface area contributed by atoms with Crippen LogP contribution >= 0.6 is 0 Å². The van der Waals surface area contributed by atoms with Crippen molar-refractivity contribution in [3.05, 3.63) is 24.3 Å². The van der Waals surface area contributed by atoms with E-state index in [-0.39, 0.29) is 41.4 Å². The van der Waals surface area contributed by atoms with Crippen LogP contribution in [0, 0.1) is 40.9 Å². The molecule has 4 bridgehead atoms. The van der Waals surface area contributed by atoms with Gasteiger partial charge in [0.05, 0.1) is 11.8 Å². The van der Waals surface area contributed by atoms with Crippen molar-refractivity contribution in [2.45, 2.75) is 76.4 Å². The maximum Gasteiger partial charge on any atom is 0.309 e. The molecule has 0 radical (unpaired) electrons. The largest absolute Gasteiger partial charge is 0.461 e. The minimum atomic E-state index is -0.133. The van der Waals surface area contributed by atoms with Crippen LogP contribution in [-0.2, 0) is 19.1 Å². The molecular formula is C25H32O4. The fraction of sp³-hybridized carbons (Fsp3) is 0.760. The Labute approximate surface area is 173 Å². The Morgan fingerprint density at radius 1 is 0.690 bits per heavy atom. The van der Waals surface area contributed by atoms with Crippen LogP contribution in [0.15, 0.2) is 24.3 Å². The fourth-order valence-corrected chi connectivity index (χ4v) is 7.70. The van der Waals surface area contributed by atoms with Crippen molar-refractivity contribution in [2.24, 2.45) is 40.9 Å². The van der Waals surface area contributed by atoms with Gasteiger partial charge in [0, 0.05) is 5.41 Å². The topological polar surface area (TPSA) is 52.6 Å². The number of rotatable bonds is 4. The Morgan fingerprint density at radius 3 is 1.55 bits per heavy atom. The summed E-state index contributed by atoms with van der Waals surface area (Å²) in [5, 5.41) is 0. The molecule has 0 aromatic carbocycles. The lowest BCUT2D eigenvalue weighted by molar-refractivity contribution is -0.174. The molecule has 0 aliphatic heterocycles. The molecule has 4 saturated carbocycles. The summed E-state index contributed by atoms with van der Waals surface area (Å²) in [4.78, 5) is 26.0. The zero-order chi connectivity index (χ0) is 19.6. The van der Waals surface area contributed by atoms with Crippen LogP contribution < -0.4 is 0 Å². The first-order valence-corrected chi connectivity index (χ1v) is 11.9. The highest BCUT2D eigenvalue weighted by atomic mass is 16.6. The van der Waals surface area contributed by atoms with Crippen molar-refractivity contribution < 1.29 is 19.1 Å². The summed E-state index contributed by atoms with van der Waals surface area (Å²) < 4.78 is 12.4. The summed E-state index contributed by atoms with van der Waals surface area (Å²) in [6.45, 7) is 0. The van der Waals surface area contributed by atoms with Crippen LogP contribution in [-0.4, -0.2) is 24.1 Å². The van der Waals surface area contributed by atoms with Gasteiger partial charge in [-0.3, -0.25) is 9.59 Å². The van der Waals surface area contributed by atoms with E-state index >= 15 is 0 Å². The Hall–Kier alpha value is -1.58. The SMILES string of the molecule is O=C(O[C@@H]1CCCC12CCC[C@H]2OC(=O)[C@@H]1C[C@@H]2C=C[C@H]1C2)[C@@H]1C[C@@H]2C=C[C@H]1C2. The first-order valence-electron chi connectivity index (χ1n) is 11.9. The summed E-state index contributed by atoms with van der Waals surface area (Å²) in [5.41, 5.74) is -0.133. The van der Waals surface area contributed by atoms with Gasteiger partial charge in [0.25, 0.3) is 0 Å². The van der Waals surface area contributed by atoms with Crippen molar-refractivity contribution in [2.75, 3.05) is 0 Å². The van der Waals surface area contributed by atoms with Crippen molar-refractivity contribution in [1.29, 1.82) is 0 Å². The van der Waals surface area contributed by atoms with Gasteiger partial charge in [0.15, 0.2) is 0 Å². The minimum absolute atomic E-state index is 0.00309. The zero-order valence-electron chi connectivity index (χ0n) is 17.1.